The van der Waals surface area contributed by atoms with Crippen LogP contribution in [0.1, 0.15) is 31.2 Å². The first-order valence-electron chi connectivity index (χ1n) is 12.6. The van der Waals surface area contributed by atoms with Gasteiger partial charge in [-0.05, 0) is 43.9 Å². The molecule has 2 aliphatic rings. The molecule has 1 saturated carbocycles. The molecule has 0 atom stereocenters. The van der Waals surface area contributed by atoms with E-state index in [-0.39, 0.29) is 55.2 Å². The van der Waals surface area contributed by atoms with Gasteiger partial charge in [0.1, 0.15) is 17.3 Å². The summed E-state index contributed by atoms with van der Waals surface area (Å²) in [5, 5.41) is 13.4. The Labute approximate surface area is 223 Å². The third-order valence-electron chi connectivity index (χ3n) is 6.93. The van der Waals surface area contributed by atoms with E-state index in [0.29, 0.717) is 17.3 Å². The molecule has 39 heavy (non-hydrogen) atoms. The van der Waals surface area contributed by atoms with Gasteiger partial charge in [0.2, 0.25) is 15.8 Å². The quantitative estimate of drug-likeness (QED) is 0.398. The molecule has 0 bridgehead atoms. The number of nitrogens with one attached hydrogen (secondary N) is 1. The van der Waals surface area contributed by atoms with Crippen molar-refractivity contribution in [3.8, 4) is 11.4 Å². The topological polar surface area (TPSA) is 130 Å². The van der Waals surface area contributed by atoms with E-state index < -0.39 is 27.2 Å². The smallest absolute Gasteiger partial charge is 0.316 e. The van der Waals surface area contributed by atoms with E-state index in [4.69, 9.17) is 4.74 Å². The highest BCUT2D eigenvalue weighted by Gasteiger charge is 2.31. The fourth-order valence-corrected chi connectivity index (χ4v) is 6.46. The average Bonchev–Trinajstić information content (AvgIpc) is 3.43. The van der Waals surface area contributed by atoms with Gasteiger partial charge in [-0.2, -0.15) is 14.1 Å². The Kier molecular flexibility index (Phi) is 7.77. The maximum Gasteiger partial charge on any atom is 0.316 e. The van der Waals surface area contributed by atoms with E-state index in [0.717, 1.165) is 42.5 Å². The molecule has 1 aromatic carbocycles. The first-order chi connectivity index (χ1) is 18.7. The summed E-state index contributed by atoms with van der Waals surface area (Å²) in [5.74, 6) is -2.01. The maximum absolute atomic E-state index is 13.9. The van der Waals surface area contributed by atoms with Gasteiger partial charge in [-0.15, -0.1) is 0 Å². The third kappa shape index (κ3) is 5.87. The van der Waals surface area contributed by atoms with Gasteiger partial charge < -0.3 is 9.64 Å². The molecule has 0 spiro atoms. The first-order valence-corrected chi connectivity index (χ1v) is 14.2. The van der Waals surface area contributed by atoms with Crippen LogP contribution >= 0.6 is 0 Å². The molecule has 208 valence electrons. The van der Waals surface area contributed by atoms with Gasteiger partial charge in [-0.1, -0.05) is 0 Å². The van der Waals surface area contributed by atoms with E-state index >= 15 is 0 Å². The summed E-state index contributed by atoms with van der Waals surface area (Å²) in [6, 6.07) is 4.21. The second kappa shape index (κ2) is 11.2. The lowest BCUT2D eigenvalue weighted by molar-refractivity contribution is 0.205. The molecule has 0 unspecified atom stereocenters. The Bertz CT molecular complexity index is 1480. The van der Waals surface area contributed by atoms with Crippen molar-refractivity contribution < 1.29 is 27.1 Å². The molecule has 1 aliphatic carbocycles. The SMILES string of the molecule is O=c1c(OC2CCCC2)c(N2CCN(S(=O)(=O)Cc3cnccc3NO)CC2)cnn1-c1cc(F)cc(F)c1. The van der Waals surface area contributed by atoms with Crippen LogP contribution in [0, 0.1) is 11.6 Å². The predicted molar refractivity (Wildman–Crippen MR) is 139 cm³/mol. The molecule has 0 radical (unpaired) electrons. The summed E-state index contributed by atoms with van der Waals surface area (Å²) in [5.41, 5.74) is 2.25. The van der Waals surface area contributed by atoms with Crippen LogP contribution in [0.2, 0.25) is 0 Å². The lowest BCUT2D eigenvalue weighted by Crippen LogP contribution is -2.49. The summed E-state index contributed by atoms with van der Waals surface area (Å²) < 4.78 is 62.3. The first kappa shape index (κ1) is 27.0. The van der Waals surface area contributed by atoms with Gasteiger partial charge in [-0.3, -0.25) is 20.5 Å². The van der Waals surface area contributed by atoms with Gasteiger partial charge >= 0.3 is 5.56 Å². The highest BCUT2D eigenvalue weighted by molar-refractivity contribution is 7.88. The number of anilines is 2. The van der Waals surface area contributed by atoms with Crippen molar-refractivity contribution in [2.45, 2.75) is 37.5 Å². The number of sulfonamides is 1. The minimum atomic E-state index is -3.73. The number of ether oxygens (including phenoxy) is 1. The molecule has 0 amide bonds. The van der Waals surface area contributed by atoms with E-state index in [2.05, 4.69) is 10.1 Å². The molecule has 3 aromatic rings. The van der Waals surface area contributed by atoms with Crippen molar-refractivity contribution in [3.63, 3.8) is 0 Å². The maximum atomic E-state index is 13.9. The highest BCUT2D eigenvalue weighted by atomic mass is 32.2. The third-order valence-corrected chi connectivity index (χ3v) is 8.76. The van der Waals surface area contributed by atoms with Crippen molar-refractivity contribution >= 4 is 21.4 Å². The molecule has 14 heteroatoms. The second-order valence-corrected chi connectivity index (χ2v) is 11.5. The summed E-state index contributed by atoms with van der Waals surface area (Å²) in [6.07, 6.45) is 7.54. The van der Waals surface area contributed by atoms with E-state index in [9.17, 15) is 27.2 Å². The molecule has 5 rings (SSSR count). The van der Waals surface area contributed by atoms with Crippen LogP contribution in [0.25, 0.3) is 5.69 Å². The number of hydrogen-bond donors (Lipinski definition) is 2. The van der Waals surface area contributed by atoms with Crippen LogP contribution in [0.5, 0.6) is 5.75 Å². The zero-order valence-electron chi connectivity index (χ0n) is 21.0. The Morgan fingerprint density at radius 3 is 2.41 bits per heavy atom. The second-order valence-electron chi connectivity index (χ2n) is 9.51. The van der Waals surface area contributed by atoms with Crippen LogP contribution in [0.3, 0.4) is 0 Å². The zero-order chi connectivity index (χ0) is 27.6. The summed E-state index contributed by atoms with van der Waals surface area (Å²) >= 11 is 0. The summed E-state index contributed by atoms with van der Waals surface area (Å²) in [4.78, 5) is 19.3. The monoisotopic (exact) mass is 562 g/mol. The van der Waals surface area contributed by atoms with Gasteiger partial charge in [0, 0.05) is 50.2 Å². The number of piperazine rings is 1. The lowest BCUT2D eigenvalue weighted by Gasteiger charge is -2.36. The molecule has 2 fully saturated rings. The molecular weight excluding hydrogens is 534 g/mol. The molecule has 3 heterocycles. The van der Waals surface area contributed by atoms with Gasteiger partial charge in [0.25, 0.3) is 0 Å². The molecule has 2 N–H and O–H groups in total. The number of hydrogen-bond acceptors (Lipinski definition) is 9. The van der Waals surface area contributed by atoms with Crippen molar-refractivity contribution in [1.29, 1.82) is 0 Å². The lowest BCUT2D eigenvalue weighted by atomic mass is 10.2. The van der Waals surface area contributed by atoms with E-state index in [1.807, 2.05) is 10.4 Å². The standard InChI is InChI=1S/C25H28F2N6O5S/c26-18-11-19(27)13-20(12-18)33-25(34)24(38-21-3-1-2-4-21)23(15-29-33)31-7-9-32(10-8-31)39(36,37)16-17-14-28-6-5-22(17)30-35/h5-6,11-15,21,35H,1-4,7-10,16H2,(H,28,30). The van der Waals surface area contributed by atoms with Crippen LogP contribution in [0.4, 0.5) is 20.2 Å². The molecule has 2 aromatic heterocycles. The summed E-state index contributed by atoms with van der Waals surface area (Å²) in [6.45, 7) is 0.813. The van der Waals surface area contributed by atoms with Gasteiger partial charge in [-0.25, -0.2) is 17.2 Å². The normalized spacial score (nSPS) is 16.9. The number of halogens is 2. The fraction of sp³-hybridized carbons (Fsp3) is 0.400. The van der Waals surface area contributed by atoms with Crippen LogP contribution in [-0.4, -0.2) is 65.0 Å². The Morgan fingerprint density at radius 1 is 1.05 bits per heavy atom. The Hall–Kier alpha value is -3.62. The minimum absolute atomic E-state index is 0.0203. The predicted octanol–water partition coefficient (Wildman–Crippen LogP) is 2.68. The molecule has 1 saturated heterocycles. The highest BCUT2D eigenvalue weighted by Crippen LogP contribution is 2.31. The number of rotatable bonds is 8. The van der Waals surface area contributed by atoms with Crippen LogP contribution < -0.4 is 20.7 Å². The Morgan fingerprint density at radius 2 is 1.74 bits per heavy atom. The van der Waals surface area contributed by atoms with Gasteiger partial charge in [0.15, 0.2) is 0 Å². The number of pyridine rings is 1. The minimum Gasteiger partial charge on any atom is -0.483 e. The fourth-order valence-electron chi connectivity index (χ4n) is 4.93. The number of aromatic nitrogens is 3. The van der Waals surface area contributed by atoms with E-state index in [1.54, 1.807) is 0 Å². The van der Waals surface area contributed by atoms with Crippen molar-refractivity contribution in [3.05, 3.63) is 70.4 Å². The van der Waals surface area contributed by atoms with Gasteiger partial charge in [0.05, 0.1) is 29.4 Å². The van der Waals surface area contributed by atoms with E-state index in [1.165, 1.54) is 29.0 Å². The average molecular weight is 563 g/mol. The van der Waals surface area contributed by atoms with Crippen molar-refractivity contribution in [2.75, 3.05) is 36.6 Å². The van der Waals surface area contributed by atoms with Crippen molar-refractivity contribution in [1.82, 2.24) is 19.1 Å². The molecular formula is C25H28F2N6O5S. The molecule has 1 aliphatic heterocycles. The Balaban J connectivity index is 1.39. The summed E-state index contributed by atoms with van der Waals surface area (Å²) in [7, 11) is -3.73. The molecule has 11 nitrogen and oxygen atoms in total. The number of nitrogens with zero attached hydrogens (tertiary/aromatic N) is 5. The van der Waals surface area contributed by atoms with Crippen molar-refractivity contribution in [2.24, 2.45) is 0 Å². The largest absolute Gasteiger partial charge is 0.483 e. The number of benzene rings is 1. The van der Waals surface area contributed by atoms with Crippen LogP contribution in [-0.2, 0) is 15.8 Å². The zero-order valence-corrected chi connectivity index (χ0v) is 21.8. The van der Waals surface area contributed by atoms with Crippen LogP contribution in [0.15, 0.2) is 47.7 Å².